The molecule has 1 saturated carbocycles. The van der Waals surface area contributed by atoms with Gasteiger partial charge in [-0.25, -0.2) is 4.39 Å². The van der Waals surface area contributed by atoms with E-state index in [-0.39, 0.29) is 18.3 Å². The lowest BCUT2D eigenvalue weighted by atomic mass is 10.2. The van der Waals surface area contributed by atoms with Crippen molar-refractivity contribution in [3.05, 3.63) is 29.6 Å². The number of carbonyl (C=O) groups excluding carboxylic acids is 1. The molecule has 0 aliphatic heterocycles. The van der Waals surface area contributed by atoms with Crippen LogP contribution in [0.1, 0.15) is 18.4 Å². The molecule has 5 heteroatoms. The van der Waals surface area contributed by atoms with E-state index in [2.05, 4.69) is 5.32 Å². The largest absolute Gasteiger partial charge is 0.481 e. The fourth-order valence-corrected chi connectivity index (χ4v) is 1.59. The molecular weight excluding hydrogens is 247 g/mol. The van der Waals surface area contributed by atoms with Crippen molar-refractivity contribution in [1.29, 1.82) is 0 Å². The summed E-state index contributed by atoms with van der Waals surface area (Å²) in [6.45, 7) is 0.516. The SMILES string of the molecule is CN(C)C(=O)COc1ccc(CNC2CC2)cc1F. The van der Waals surface area contributed by atoms with E-state index in [9.17, 15) is 9.18 Å². The Morgan fingerprint density at radius 1 is 1.47 bits per heavy atom. The molecule has 0 bridgehead atoms. The number of carbonyl (C=O) groups is 1. The molecule has 1 aliphatic rings. The standard InChI is InChI=1S/C14H19FN2O2/c1-17(2)14(18)9-19-13-6-3-10(7-12(13)15)8-16-11-4-5-11/h3,6-7,11,16H,4-5,8-9H2,1-2H3. The maximum absolute atomic E-state index is 13.8. The normalized spacial score (nSPS) is 14.3. The van der Waals surface area contributed by atoms with Crippen LogP contribution in [0.5, 0.6) is 5.75 Å². The lowest BCUT2D eigenvalue weighted by Gasteiger charge is -2.12. The molecule has 0 saturated heterocycles. The van der Waals surface area contributed by atoms with Crippen molar-refractivity contribution in [1.82, 2.24) is 10.2 Å². The van der Waals surface area contributed by atoms with E-state index >= 15 is 0 Å². The highest BCUT2D eigenvalue weighted by atomic mass is 19.1. The summed E-state index contributed by atoms with van der Waals surface area (Å²) in [6.07, 6.45) is 2.41. The van der Waals surface area contributed by atoms with Gasteiger partial charge in [0.1, 0.15) is 0 Å². The van der Waals surface area contributed by atoms with Gasteiger partial charge in [0, 0.05) is 26.7 Å². The van der Waals surface area contributed by atoms with Crippen LogP contribution in [-0.2, 0) is 11.3 Å². The van der Waals surface area contributed by atoms with Crippen LogP contribution in [-0.4, -0.2) is 37.6 Å². The minimum Gasteiger partial charge on any atom is -0.481 e. The van der Waals surface area contributed by atoms with Gasteiger partial charge in [-0.1, -0.05) is 6.07 Å². The quantitative estimate of drug-likeness (QED) is 0.849. The number of likely N-dealkylation sites (N-methyl/N-ethyl adjacent to an activating group) is 1. The van der Waals surface area contributed by atoms with Crippen LogP contribution >= 0.6 is 0 Å². The van der Waals surface area contributed by atoms with Crippen LogP contribution in [0.2, 0.25) is 0 Å². The van der Waals surface area contributed by atoms with Crippen molar-refractivity contribution >= 4 is 5.91 Å². The Balaban J connectivity index is 1.88. The summed E-state index contributed by atoms with van der Waals surface area (Å²) in [6, 6.07) is 5.43. The highest BCUT2D eigenvalue weighted by Gasteiger charge is 2.20. The fourth-order valence-electron chi connectivity index (χ4n) is 1.59. The van der Waals surface area contributed by atoms with Gasteiger partial charge in [0.05, 0.1) is 0 Å². The van der Waals surface area contributed by atoms with Crippen LogP contribution in [0.15, 0.2) is 18.2 Å². The number of nitrogens with zero attached hydrogens (tertiary/aromatic N) is 1. The number of nitrogens with one attached hydrogen (secondary N) is 1. The van der Waals surface area contributed by atoms with Gasteiger partial charge in [-0.15, -0.1) is 0 Å². The molecule has 1 N–H and O–H groups in total. The first-order valence-corrected chi connectivity index (χ1v) is 6.41. The third-order valence-electron chi connectivity index (χ3n) is 3.02. The molecule has 0 aromatic heterocycles. The van der Waals surface area contributed by atoms with Crippen LogP contribution < -0.4 is 10.1 Å². The predicted octanol–water partition coefficient (Wildman–Crippen LogP) is 1.54. The molecule has 2 rings (SSSR count). The van der Waals surface area contributed by atoms with Gasteiger partial charge < -0.3 is 15.0 Å². The molecule has 0 atom stereocenters. The molecule has 19 heavy (non-hydrogen) atoms. The summed E-state index contributed by atoms with van der Waals surface area (Å²) in [4.78, 5) is 12.8. The van der Waals surface area contributed by atoms with Gasteiger partial charge in [-0.2, -0.15) is 0 Å². The zero-order valence-corrected chi connectivity index (χ0v) is 11.3. The number of halogens is 1. The van der Waals surface area contributed by atoms with E-state index in [1.165, 1.54) is 23.8 Å². The Kier molecular flexibility index (Phi) is 4.37. The summed E-state index contributed by atoms with van der Waals surface area (Å²) >= 11 is 0. The second kappa shape index (κ2) is 6.02. The minimum absolute atomic E-state index is 0.116. The van der Waals surface area contributed by atoms with Crippen molar-refractivity contribution in [3.8, 4) is 5.75 Å². The summed E-state index contributed by atoms with van der Waals surface area (Å²) < 4.78 is 18.9. The van der Waals surface area contributed by atoms with E-state index < -0.39 is 5.82 Å². The Morgan fingerprint density at radius 3 is 2.79 bits per heavy atom. The Bertz CT molecular complexity index is 459. The Labute approximate surface area is 112 Å². The third kappa shape index (κ3) is 4.21. The second-order valence-corrected chi connectivity index (χ2v) is 5.00. The van der Waals surface area contributed by atoms with Gasteiger partial charge in [0.2, 0.25) is 0 Å². The molecule has 0 unspecified atom stereocenters. The first kappa shape index (κ1) is 13.8. The van der Waals surface area contributed by atoms with Crippen molar-refractivity contribution in [2.45, 2.75) is 25.4 Å². The Hall–Kier alpha value is -1.62. The van der Waals surface area contributed by atoms with Crippen LogP contribution in [0.3, 0.4) is 0 Å². The first-order chi connectivity index (χ1) is 9.06. The van der Waals surface area contributed by atoms with Gasteiger partial charge in [-0.05, 0) is 30.5 Å². The van der Waals surface area contributed by atoms with Gasteiger partial charge in [0.15, 0.2) is 18.2 Å². The summed E-state index contributed by atoms with van der Waals surface area (Å²) in [5.74, 6) is -0.508. The maximum Gasteiger partial charge on any atom is 0.259 e. The molecule has 104 valence electrons. The fraction of sp³-hybridized carbons (Fsp3) is 0.500. The number of amides is 1. The number of benzene rings is 1. The van der Waals surface area contributed by atoms with E-state index in [4.69, 9.17) is 4.74 Å². The summed E-state index contributed by atoms with van der Waals surface area (Å²) in [7, 11) is 3.27. The monoisotopic (exact) mass is 266 g/mol. The van der Waals surface area contributed by atoms with Gasteiger partial charge >= 0.3 is 0 Å². The number of hydrogen-bond acceptors (Lipinski definition) is 3. The number of hydrogen-bond donors (Lipinski definition) is 1. The first-order valence-electron chi connectivity index (χ1n) is 6.41. The smallest absolute Gasteiger partial charge is 0.259 e. The average molecular weight is 266 g/mol. The van der Waals surface area contributed by atoms with Gasteiger partial charge in [-0.3, -0.25) is 4.79 Å². The molecule has 1 aliphatic carbocycles. The molecule has 1 fully saturated rings. The lowest BCUT2D eigenvalue weighted by molar-refractivity contribution is -0.130. The highest BCUT2D eigenvalue weighted by Crippen LogP contribution is 2.21. The van der Waals surface area contributed by atoms with Crippen molar-refractivity contribution < 1.29 is 13.9 Å². The third-order valence-corrected chi connectivity index (χ3v) is 3.02. The number of rotatable bonds is 6. The minimum atomic E-state index is -0.429. The molecule has 0 radical (unpaired) electrons. The van der Waals surface area contributed by atoms with Crippen LogP contribution in [0.25, 0.3) is 0 Å². The average Bonchev–Trinajstić information content (AvgIpc) is 3.18. The van der Waals surface area contributed by atoms with Crippen LogP contribution in [0, 0.1) is 5.82 Å². The number of ether oxygens (including phenoxy) is 1. The van der Waals surface area contributed by atoms with Crippen molar-refractivity contribution in [3.63, 3.8) is 0 Å². The van der Waals surface area contributed by atoms with E-state index in [0.29, 0.717) is 12.6 Å². The molecular formula is C14H19FN2O2. The molecule has 0 spiro atoms. The molecule has 4 nitrogen and oxygen atoms in total. The zero-order valence-electron chi connectivity index (χ0n) is 11.3. The summed E-state index contributed by atoms with van der Waals surface area (Å²) in [5, 5.41) is 3.32. The van der Waals surface area contributed by atoms with E-state index in [1.807, 2.05) is 6.07 Å². The summed E-state index contributed by atoms with van der Waals surface area (Å²) in [5.41, 5.74) is 0.885. The Morgan fingerprint density at radius 2 is 2.21 bits per heavy atom. The van der Waals surface area contributed by atoms with E-state index in [0.717, 1.165) is 5.56 Å². The van der Waals surface area contributed by atoms with Crippen LogP contribution in [0.4, 0.5) is 4.39 Å². The molecule has 1 aromatic carbocycles. The second-order valence-electron chi connectivity index (χ2n) is 5.00. The molecule has 1 amide bonds. The molecule has 0 heterocycles. The van der Waals surface area contributed by atoms with E-state index in [1.54, 1.807) is 20.2 Å². The van der Waals surface area contributed by atoms with Gasteiger partial charge in [0.25, 0.3) is 5.91 Å². The zero-order chi connectivity index (χ0) is 13.8. The topological polar surface area (TPSA) is 41.6 Å². The van der Waals surface area contributed by atoms with Crippen molar-refractivity contribution in [2.75, 3.05) is 20.7 Å². The molecule has 1 aromatic rings. The highest BCUT2D eigenvalue weighted by molar-refractivity contribution is 5.77. The predicted molar refractivity (Wildman–Crippen MR) is 70.5 cm³/mol. The van der Waals surface area contributed by atoms with Crippen molar-refractivity contribution in [2.24, 2.45) is 0 Å². The maximum atomic E-state index is 13.8. The lowest BCUT2D eigenvalue weighted by Crippen LogP contribution is -2.27.